The lowest BCUT2D eigenvalue weighted by Gasteiger charge is -2.27. The first-order chi connectivity index (χ1) is 8.19. The minimum absolute atomic E-state index is 0.602. The van der Waals surface area contributed by atoms with Gasteiger partial charge in [-0.25, -0.2) is 4.98 Å². The first-order valence-electron chi connectivity index (χ1n) is 6.77. The molecule has 1 heterocycles. The van der Waals surface area contributed by atoms with E-state index in [0.717, 1.165) is 22.1 Å². The lowest BCUT2D eigenvalue weighted by molar-refractivity contribution is 0.302. The van der Waals surface area contributed by atoms with E-state index in [1.807, 2.05) is 6.07 Å². The first-order valence-corrected chi connectivity index (χ1v) is 7.17. The molecule has 0 amide bonds. The smallest absolute Gasteiger partial charge is 0.129 e. The van der Waals surface area contributed by atoms with Crippen molar-refractivity contribution in [1.29, 1.82) is 0 Å². The average Bonchev–Trinajstić information content (AvgIpc) is 2.29. The SMILES string of the molecule is CCCC1CCC(c2nc(=S)cc(C)[nH]2)CC1. The second-order valence-electron chi connectivity index (χ2n) is 5.29. The number of aromatic amines is 1. The molecule has 2 nitrogen and oxygen atoms in total. The second-order valence-corrected chi connectivity index (χ2v) is 5.71. The molecule has 2 rings (SSSR count). The molecule has 3 heteroatoms. The maximum Gasteiger partial charge on any atom is 0.129 e. The van der Waals surface area contributed by atoms with Crippen LogP contribution in [-0.2, 0) is 0 Å². The van der Waals surface area contributed by atoms with E-state index in [9.17, 15) is 0 Å². The van der Waals surface area contributed by atoms with Gasteiger partial charge in [0.25, 0.3) is 0 Å². The molecule has 0 bridgehead atoms. The molecule has 0 aliphatic heterocycles. The van der Waals surface area contributed by atoms with Gasteiger partial charge < -0.3 is 4.98 Å². The van der Waals surface area contributed by atoms with Crippen LogP contribution in [0.25, 0.3) is 0 Å². The Hall–Kier alpha value is -0.700. The number of aromatic nitrogens is 2. The van der Waals surface area contributed by atoms with Crippen molar-refractivity contribution in [2.45, 2.75) is 58.3 Å². The Morgan fingerprint density at radius 3 is 2.65 bits per heavy atom. The Balaban J connectivity index is 2.02. The van der Waals surface area contributed by atoms with Crippen molar-refractivity contribution >= 4 is 12.2 Å². The van der Waals surface area contributed by atoms with E-state index < -0.39 is 0 Å². The van der Waals surface area contributed by atoms with Crippen LogP contribution in [0.3, 0.4) is 0 Å². The van der Waals surface area contributed by atoms with Crippen LogP contribution in [0.1, 0.15) is 62.9 Å². The molecule has 0 spiro atoms. The van der Waals surface area contributed by atoms with Gasteiger partial charge in [-0.15, -0.1) is 0 Å². The fraction of sp³-hybridized carbons (Fsp3) is 0.714. The molecule has 1 N–H and O–H groups in total. The predicted molar refractivity (Wildman–Crippen MR) is 73.8 cm³/mol. The summed E-state index contributed by atoms with van der Waals surface area (Å²) in [5.74, 6) is 2.67. The maximum absolute atomic E-state index is 5.19. The van der Waals surface area contributed by atoms with Gasteiger partial charge in [0.15, 0.2) is 0 Å². The van der Waals surface area contributed by atoms with Crippen molar-refractivity contribution in [3.63, 3.8) is 0 Å². The molecule has 0 atom stereocenters. The number of aryl methyl sites for hydroxylation is 1. The number of H-pyrrole nitrogens is 1. The van der Waals surface area contributed by atoms with Crippen molar-refractivity contribution < 1.29 is 0 Å². The Morgan fingerprint density at radius 2 is 2.06 bits per heavy atom. The summed E-state index contributed by atoms with van der Waals surface area (Å²) >= 11 is 5.19. The third-order valence-corrected chi connectivity index (χ3v) is 4.04. The lowest BCUT2D eigenvalue weighted by Crippen LogP contribution is -2.15. The van der Waals surface area contributed by atoms with Crippen LogP contribution in [0.2, 0.25) is 0 Å². The summed E-state index contributed by atoms with van der Waals surface area (Å²) < 4.78 is 0.729. The van der Waals surface area contributed by atoms with Crippen LogP contribution in [0.5, 0.6) is 0 Å². The summed E-state index contributed by atoms with van der Waals surface area (Å²) in [6.45, 7) is 4.34. The summed E-state index contributed by atoms with van der Waals surface area (Å²) in [5.41, 5.74) is 1.13. The zero-order valence-electron chi connectivity index (χ0n) is 10.8. The minimum Gasteiger partial charge on any atom is -0.347 e. The second kappa shape index (κ2) is 5.76. The number of nitrogens with one attached hydrogen (secondary N) is 1. The van der Waals surface area contributed by atoms with Crippen molar-refractivity contribution in [1.82, 2.24) is 9.97 Å². The summed E-state index contributed by atoms with van der Waals surface area (Å²) in [5, 5.41) is 0. The maximum atomic E-state index is 5.19. The van der Waals surface area contributed by atoms with Gasteiger partial charge in [0.05, 0.1) is 0 Å². The van der Waals surface area contributed by atoms with Crippen molar-refractivity contribution in [2.24, 2.45) is 5.92 Å². The molecule has 1 aliphatic rings. The largest absolute Gasteiger partial charge is 0.347 e. The minimum atomic E-state index is 0.602. The Morgan fingerprint density at radius 1 is 1.35 bits per heavy atom. The third-order valence-electron chi connectivity index (χ3n) is 3.83. The van der Waals surface area contributed by atoms with E-state index in [2.05, 4.69) is 23.8 Å². The molecule has 0 saturated heterocycles. The van der Waals surface area contributed by atoms with Crippen LogP contribution >= 0.6 is 12.2 Å². The number of hydrogen-bond acceptors (Lipinski definition) is 2. The molecule has 1 fully saturated rings. The highest BCUT2D eigenvalue weighted by Crippen LogP contribution is 2.36. The zero-order chi connectivity index (χ0) is 12.3. The van der Waals surface area contributed by atoms with Crippen LogP contribution in [0.15, 0.2) is 6.07 Å². The van der Waals surface area contributed by atoms with E-state index >= 15 is 0 Å². The Labute approximate surface area is 109 Å². The van der Waals surface area contributed by atoms with E-state index in [4.69, 9.17) is 12.2 Å². The summed E-state index contributed by atoms with van der Waals surface area (Å²) in [7, 11) is 0. The molecule has 1 aromatic heterocycles. The van der Waals surface area contributed by atoms with Gasteiger partial charge in [-0.3, -0.25) is 0 Å². The van der Waals surface area contributed by atoms with E-state index in [1.54, 1.807) is 0 Å². The van der Waals surface area contributed by atoms with Gasteiger partial charge in [0.2, 0.25) is 0 Å². The molecule has 1 aliphatic carbocycles. The number of rotatable bonds is 3. The van der Waals surface area contributed by atoms with Gasteiger partial charge in [-0.1, -0.05) is 32.0 Å². The molecular formula is C14H22N2S. The molecular weight excluding hydrogens is 228 g/mol. The molecule has 0 radical (unpaired) electrons. The van der Waals surface area contributed by atoms with E-state index in [0.29, 0.717) is 5.92 Å². The quantitative estimate of drug-likeness (QED) is 0.799. The van der Waals surface area contributed by atoms with Gasteiger partial charge in [0, 0.05) is 11.6 Å². The molecule has 1 saturated carbocycles. The van der Waals surface area contributed by atoms with Crippen LogP contribution < -0.4 is 0 Å². The van der Waals surface area contributed by atoms with Crippen molar-refractivity contribution in [3.8, 4) is 0 Å². The topological polar surface area (TPSA) is 28.7 Å². The van der Waals surface area contributed by atoms with Gasteiger partial charge >= 0.3 is 0 Å². The predicted octanol–water partition coefficient (Wildman–Crippen LogP) is 4.52. The van der Waals surface area contributed by atoms with Crippen LogP contribution in [-0.4, -0.2) is 9.97 Å². The molecule has 17 heavy (non-hydrogen) atoms. The monoisotopic (exact) mass is 250 g/mol. The summed E-state index contributed by atoms with van der Waals surface area (Å²) in [6, 6.07) is 1.93. The standard InChI is InChI=1S/C14H22N2S/c1-3-4-11-5-7-12(8-6-11)14-15-10(2)9-13(17)16-14/h9,11-12H,3-8H2,1-2H3,(H,15,16,17). The lowest BCUT2D eigenvalue weighted by atomic mass is 9.80. The fourth-order valence-corrected chi connectivity index (χ4v) is 3.20. The number of nitrogens with zero attached hydrogens (tertiary/aromatic N) is 1. The Kier molecular flexibility index (Phi) is 4.32. The van der Waals surface area contributed by atoms with E-state index in [1.165, 1.54) is 38.5 Å². The first kappa shape index (κ1) is 12.7. The highest BCUT2D eigenvalue weighted by atomic mass is 32.1. The number of hydrogen-bond donors (Lipinski definition) is 1. The zero-order valence-corrected chi connectivity index (χ0v) is 11.6. The highest BCUT2D eigenvalue weighted by Gasteiger charge is 2.23. The summed E-state index contributed by atoms with van der Waals surface area (Å²) in [4.78, 5) is 7.87. The Bertz CT molecular complexity index is 416. The normalized spacial score (nSPS) is 24.8. The fourth-order valence-electron chi connectivity index (χ4n) is 2.93. The molecule has 1 aromatic rings. The molecule has 0 unspecified atom stereocenters. The van der Waals surface area contributed by atoms with Crippen molar-refractivity contribution in [2.75, 3.05) is 0 Å². The average molecular weight is 250 g/mol. The highest BCUT2D eigenvalue weighted by molar-refractivity contribution is 7.71. The molecule has 0 aromatic carbocycles. The van der Waals surface area contributed by atoms with Crippen molar-refractivity contribution in [3.05, 3.63) is 22.2 Å². The summed E-state index contributed by atoms with van der Waals surface area (Å²) in [6.07, 6.45) is 7.96. The third kappa shape index (κ3) is 3.38. The van der Waals surface area contributed by atoms with E-state index in [-0.39, 0.29) is 0 Å². The van der Waals surface area contributed by atoms with Gasteiger partial charge in [-0.05, 0) is 44.6 Å². The van der Waals surface area contributed by atoms with Gasteiger partial charge in [-0.2, -0.15) is 0 Å². The van der Waals surface area contributed by atoms with Gasteiger partial charge in [0.1, 0.15) is 10.5 Å². The van der Waals surface area contributed by atoms with Crippen LogP contribution in [0.4, 0.5) is 0 Å². The molecule has 94 valence electrons. The van der Waals surface area contributed by atoms with Crippen LogP contribution in [0, 0.1) is 17.5 Å².